The van der Waals surface area contributed by atoms with E-state index >= 15 is 0 Å². The Balaban J connectivity index is 1.21. The molecule has 3 fully saturated rings. The minimum atomic E-state index is -0.0567. The van der Waals surface area contributed by atoms with Gasteiger partial charge < -0.3 is 24.7 Å². The first-order chi connectivity index (χ1) is 18.4. The van der Waals surface area contributed by atoms with E-state index in [1.54, 1.807) is 6.33 Å². The van der Waals surface area contributed by atoms with Gasteiger partial charge in [-0.3, -0.25) is 4.90 Å². The number of hydrogen-bond acceptors (Lipinski definition) is 7. The summed E-state index contributed by atoms with van der Waals surface area (Å²) < 4.78 is 14.7. The fourth-order valence-corrected chi connectivity index (χ4v) is 6.63. The molecule has 2 aromatic heterocycles. The van der Waals surface area contributed by atoms with Crippen LogP contribution < -0.4 is 10.5 Å². The zero-order chi connectivity index (χ0) is 26.3. The highest BCUT2D eigenvalue weighted by molar-refractivity contribution is 6.00. The summed E-state index contributed by atoms with van der Waals surface area (Å²) in [7, 11) is 2.23. The molecule has 1 unspecified atom stereocenters. The molecule has 1 saturated carbocycles. The van der Waals surface area contributed by atoms with Gasteiger partial charge >= 0.3 is 0 Å². The van der Waals surface area contributed by atoms with Gasteiger partial charge in [0.05, 0.1) is 17.1 Å². The quantitative estimate of drug-likeness (QED) is 0.504. The Kier molecular flexibility index (Phi) is 7.05. The average molecular weight is 519 g/mol. The molecule has 2 saturated heterocycles. The third-order valence-corrected chi connectivity index (χ3v) is 8.89. The van der Waals surface area contributed by atoms with Crippen LogP contribution in [0.5, 0.6) is 5.75 Å². The molecule has 1 aromatic carbocycles. The average Bonchev–Trinajstić information content (AvgIpc) is 3.49. The summed E-state index contributed by atoms with van der Waals surface area (Å²) >= 11 is 0. The van der Waals surface area contributed by atoms with Gasteiger partial charge in [-0.05, 0) is 77.1 Å². The molecule has 4 heterocycles. The summed E-state index contributed by atoms with van der Waals surface area (Å²) in [6, 6.07) is 9.42. The van der Waals surface area contributed by atoms with Gasteiger partial charge in [0, 0.05) is 50.0 Å². The topological polar surface area (TPSA) is 81.7 Å². The van der Waals surface area contributed by atoms with Crippen LogP contribution in [0, 0.1) is 0 Å². The molecule has 0 amide bonds. The first-order valence-corrected chi connectivity index (χ1v) is 14.3. The van der Waals surface area contributed by atoms with Crippen molar-refractivity contribution in [3.63, 3.8) is 0 Å². The predicted octanol–water partition coefficient (Wildman–Crippen LogP) is 4.75. The van der Waals surface area contributed by atoms with Crippen LogP contribution in [0.1, 0.15) is 58.4 Å². The Morgan fingerprint density at radius 1 is 1.03 bits per heavy atom. The number of fused-ring (bicyclic) bond motifs is 1. The van der Waals surface area contributed by atoms with Gasteiger partial charge in [0.25, 0.3) is 0 Å². The van der Waals surface area contributed by atoms with Crippen LogP contribution in [0.4, 0.5) is 5.82 Å². The Bertz CT molecular complexity index is 1260. The number of nitrogen functional groups attached to an aromatic ring is 1. The number of ether oxygens (including phenoxy) is 2. The summed E-state index contributed by atoms with van der Waals surface area (Å²) in [5.41, 5.74) is 9.47. The third kappa shape index (κ3) is 5.26. The van der Waals surface area contributed by atoms with Crippen molar-refractivity contribution >= 4 is 16.9 Å². The van der Waals surface area contributed by atoms with Crippen molar-refractivity contribution in [1.29, 1.82) is 0 Å². The number of rotatable bonds is 6. The second-order valence-corrected chi connectivity index (χ2v) is 12.1. The molecule has 6 rings (SSSR count). The van der Waals surface area contributed by atoms with Gasteiger partial charge in [0.2, 0.25) is 0 Å². The van der Waals surface area contributed by atoms with Crippen LogP contribution in [0.15, 0.2) is 36.8 Å². The lowest BCUT2D eigenvalue weighted by atomic mass is 9.89. The zero-order valence-electron chi connectivity index (χ0n) is 23.1. The summed E-state index contributed by atoms with van der Waals surface area (Å²) in [5, 5.41) is 0.937. The lowest BCUT2D eigenvalue weighted by Crippen LogP contribution is -2.49. The van der Waals surface area contributed by atoms with E-state index in [0.29, 0.717) is 24.5 Å². The molecule has 0 bridgehead atoms. The summed E-state index contributed by atoms with van der Waals surface area (Å²) in [5.74, 6) is 1.38. The normalized spacial score (nSPS) is 26.7. The number of aromatic nitrogens is 3. The van der Waals surface area contributed by atoms with Gasteiger partial charge in [-0.25, -0.2) is 9.97 Å². The second kappa shape index (κ2) is 10.5. The molecule has 204 valence electrons. The molecule has 38 heavy (non-hydrogen) atoms. The first-order valence-electron chi connectivity index (χ1n) is 14.3. The van der Waals surface area contributed by atoms with Crippen LogP contribution in [-0.4, -0.2) is 81.9 Å². The molecule has 2 aliphatic heterocycles. The number of nitrogens with zero attached hydrogens (tertiary/aromatic N) is 5. The Morgan fingerprint density at radius 2 is 1.79 bits per heavy atom. The van der Waals surface area contributed by atoms with Crippen molar-refractivity contribution in [1.82, 2.24) is 24.3 Å². The fourth-order valence-electron chi connectivity index (χ4n) is 6.63. The van der Waals surface area contributed by atoms with Crippen LogP contribution in [0.25, 0.3) is 22.2 Å². The number of hydrogen-bond donors (Lipinski definition) is 1. The van der Waals surface area contributed by atoms with Gasteiger partial charge in [-0.15, -0.1) is 0 Å². The number of benzene rings is 1. The molecule has 1 atom stereocenters. The lowest BCUT2D eigenvalue weighted by molar-refractivity contribution is -0.0326. The molecule has 0 radical (unpaired) electrons. The minimum Gasteiger partial charge on any atom is -0.491 e. The van der Waals surface area contributed by atoms with Crippen molar-refractivity contribution in [2.75, 3.05) is 45.6 Å². The van der Waals surface area contributed by atoms with E-state index in [1.165, 1.54) is 39.0 Å². The summed E-state index contributed by atoms with van der Waals surface area (Å²) in [6.45, 7) is 9.59. The number of likely N-dealkylation sites (N-methyl/N-ethyl adjacent to an activating group) is 1. The maximum absolute atomic E-state index is 6.45. The van der Waals surface area contributed by atoms with Crippen molar-refractivity contribution in [2.45, 2.75) is 76.2 Å². The molecule has 0 spiro atoms. The first kappa shape index (κ1) is 25.6. The summed E-state index contributed by atoms with van der Waals surface area (Å²) in [6.07, 6.45) is 10.9. The van der Waals surface area contributed by atoms with Crippen molar-refractivity contribution in [3.05, 3.63) is 36.8 Å². The molecule has 3 aromatic rings. The number of anilines is 1. The maximum Gasteiger partial charge on any atom is 0.146 e. The highest BCUT2D eigenvalue weighted by Crippen LogP contribution is 2.39. The molecule has 2 N–H and O–H groups in total. The Labute approximate surface area is 226 Å². The molecule has 3 aliphatic rings. The molecular formula is C30H42N6O2. The lowest BCUT2D eigenvalue weighted by Gasteiger charge is -2.41. The van der Waals surface area contributed by atoms with Crippen molar-refractivity contribution in [2.24, 2.45) is 0 Å². The van der Waals surface area contributed by atoms with Gasteiger partial charge in [-0.1, -0.05) is 12.1 Å². The highest BCUT2D eigenvalue weighted by Gasteiger charge is 2.32. The number of nitrogens with two attached hydrogens (primary N) is 1. The highest BCUT2D eigenvalue weighted by atomic mass is 16.6. The minimum absolute atomic E-state index is 0.0567. The summed E-state index contributed by atoms with van der Waals surface area (Å²) in [4.78, 5) is 14.2. The van der Waals surface area contributed by atoms with Crippen LogP contribution in [0.2, 0.25) is 0 Å². The monoisotopic (exact) mass is 518 g/mol. The number of piperazine rings is 1. The van der Waals surface area contributed by atoms with E-state index < -0.39 is 0 Å². The van der Waals surface area contributed by atoms with Gasteiger partial charge in [0.1, 0.15) is 30.1 Å². The van der Waals surface area contributed by atoms with Crippen molar-refractivity contribution in [3.8, 4) is 16.9 Å². The van der Waals surface area contributed by atoms with E-state index in [-0.39, 0.29) is 11.7 Å². The van der Waals surface area contributed by atoms with E-state index in [0.717, 1.165) is 53.6 Å². The predicted molar refractivity (Wildman–Crippen MR) is 151 cm³/mol. The van der Waals surface area contributed by atoms with Crippen LogP contribution in [0.3, 0.4) is 0 Å². The van der Waals surface area contributed by atoms with Gasteiger partial charge in [0.15, 0.2) is 0 Å². The Hall–Kier alpha value is -2.68. The molecule has 8 nitrogen and oxygen atoms in total. The van der Waals surface area contributed by atoms with E-state index in [1.807, 2.05) is 6.07 Å². The van der Waals surface area contributed by atoms with E-state index in [4.69, 9.17) is 20.2 Å². The third-order valence-electron chi connectivity index (χ3n) is 8.89. The maximum atomic E-state index is 6.45. The Morgan fingerprint density at radius 3 is 2.53 bits per heavy atom. The fraction of sp³-hybridized carbons (Fsp3) is 0.600. The molecule has 1 aliphatic carbocycles. The van der Waals surface area contributed by atoms with Crippen LogP contribution >= 0.6 is 0 Å². The largest absolute Gasteiger partial charge is 0.491 e. The smallest absolute Gasteiger partial charge is 0.146 e. The zero-order valence-corrected chi connectivity index (χ0v) is 23.1. The van der Waals surface area contributed by atoms with Crippen molar-refractivity contribution < 1.29 is 9.47 Å². The van der Waals surface area contributed by atoms with E-state index in [9.17, 15) is 0 Å². The molecule has 8 heteroatoms. The van der Waals surface area contributed by atoms with Gasteiger partial charge in [-0.2, -0.15) is 0 Å². The molecular weight excluding hydrogens is 476 g/mol. The van der Waals surface area contributed by atoms with E-state index in [2.05, 4.69) is 64.6 Å². The second-order valence-electron chi connectivity index (χ2n) is 12.1. The standard InChI is InChI=1S/C30H42N6O2/c1-30(2)12-11-25(38-30)19-37-24-6-4-5-21(17-24)26-18-36(29-27(26)28(31)32-20-33-29)23-9-7-22(8-10-23)35-15-13-34(3)14-16-35/h4-6,17-18,20,22-23,25H,7-16,19H2,1-3H3,(H2,31,32,33)/t22-,23-,25?. The van der Waals surface area contributed by atoms with Crippen LogP contribution in [-0.2, 0) is 4.74 Å². The SMILES string of the molecule is CN1CCN([C@H]2CC[C@H](n3cc(-c4cccc(OCC5CCC(C)(C)O5)c4)c4c(N)ncnc43)CC2)CC1.